The smallest absolute Gasteiger partial charge is 0.247 e. The fourth-order valence-corrected chi connectivity index (χ4v) is 2.73. The molecular weight excluding hydrogens is 264 g/mol. The largest absolute Gasteiger partial charge is 0.497 e. The van der Waals surface area contributed by atoms with Gasteiger partial charge in [0.2, 0.25) is 5.91 Å². The van der Waals surface area contributed by atoms with Gasteiger partial charge >= 0.3 is 0 Å². The van der Waals surface area contributed by atoms with Gasteiger partial charge in [-0.05, 0) is 42.3 Å². The Labute approximate surface area is 124 Å². The lowest BCUT2D eigenvalue weighted by Gasteiger charge is -2.45. The second-order valence-corrected chi connectivity index (χ2v) is 5.29. The molecule has 0 aromatic heterocycles. The molecule has 2 atom stereocenters. The molecule has 0 bridgehead atoms. The van der Waals surface area contributed by atoms with E-state index in [0.717, 1.165) is 22.6 Å². The van der Waals surface area contributed by atoms with Crippen molar-refractivity contribution in [2.45, 2.75) is 19.0 Å². The summed E-state index contributed by atoms with van der Waals surface area (Å²) < 4.78 is 5.16. The topological polar surface area (TPSA) is 55.6 Å². The molecule has 1 aliphatic rings. The van der Waals surface area contributed by atoms with Crippen LogP contribution in [-0.2, 0) is 4.79 Å². The molecule has 108 valence electrons. The number of aryl methyl sites for hydroxylation is 1. The summed E-state index contributed by atoms with van der Waals surface area (Å²) in [5.41, 5.74) is 9.04. The minimum atomic E-state index is -0.487. The molecule has 0 spiro atoms. The monoisotopic (exact) mass is 282 g/mol. The normalized spacial score (nSPS) is 21.1. The Morgan fingerprint density at radius 1 is 1.14 bits per heavy atom. The molecule has 2 aromatic rings. The number of carbonyl (C=O) groups is 1. The van der Waals surface area contributed by atoms with Crippen LogP contribution in [0.2, 0.25) is 0 Å². The Balaban J connectivity index is 1.94. The number of amides is 1. The molecule has 3 rings (SSSR count). The number of hydrogen-bond donors (Lipinski definition) is 1. The first kappa shape index (κ1) is 13.6. The first-order valence-electron chi connectivity index (χ1n) is 6.91. The lowest BCUT2D eigenvalue weighted by molar-refractivity contribution is -0.126. The second-order valence-electron chi connectivity index (χ2n) is 5.29. The number of benzene rings is 2. The standard InChI is InChI=1S/C17H18N2O2/c1-11-4-3-5-13(10-11)19-16(15(18)17(19)20)12-6-8-14(21-2)9-7-12/h3-10,15-16H,18H2,1-2H3. The molecule has 0 saturated carbocycles. The molecule has 1 amide bonds. The van der Waals surface area contributed by atoms with Gasteiger partial charge in [0.15, 0.2) is 0 Å². The van der Waals surface area contributed by atoms with Crippen molar-refractivity contribution in [3.05, 3.63) is 59.7 Å². The van der Waals surface area contributed by atoms with Gasteiger partial charge in [0, 0.05) is 5.69 Å². The molecule has 2 N–H and O–H groups in total. The highest BCUT2D eigenvalue weighted by molar-refractivity contribution is 6.05. The third-order valence-corrected chi connectivity index (χ3v) is 3.88. The van der Waals surface area contributed by atoms with E-state index in [0.29, 0.717) is 0 Å². The van der Waals surface area contributed by atoms with Gasteiger partial charge < -0.3 is 15.4 Å². The third kappa shape index (κ3) is 2.28. The Hall–Kier alpha value is -2.33. The van der Waals surface area contributed by atoms with Crippen molar-refractivity contribution in [1.29, 1.82) is 0 Å². The molecule has 1 aliphatic heterocycles. The minimum absolute atomic E-state index is 0.0404. The maximum absolute atomic E-state index is 12.2. The van der Waals surface area contributed by atoms with Gasteiger partial charge in [-0.25, -0.2) is 0 Å². The first-order chi connectivity index (χ1) is 10.1. The average molecular weight is 282 g/mol. The number of nitrogens with zero attached hydrogens (tertiary/aromatic N) is 1. The molecule has 21 heavy (non-hydrogen) atoms. The van der Waals surface area contributed by atoms with Crippen LogP contribution < -0.4 is 15.4 Å². The van der Waals surface area contributed by atoms with Gasteiger partial charge in [-0.1, -0.05) is 24.3 Å². The highest BCUT2D eigenvalue weighted by Crippen LogP contribution is 2.38. The first-order valence-corrected chi connectivity index (χ1v) is 6.91. The van der Waals surface area contributed by atoms with Gasteiger partial charge in [0.25, 0.3) is 0 Å². The number of ether oxygens (including phenoxy) is 1. The maximum atomic E-state index is 12.2. The van der Waals surface area contributed by atoms with Gasteiger partial charge in [-0.2, -0.15) is 0 Å². The lowest BCUT2D eigenvalue weighted by atomic mass is 9.88. The third-order valence-electron chi connectivity index (χ3n) is 3.88. The molecule has 1 fully saturated rings. The summed E-state index contributed by atoms with van der Waals surface area (Å²) >= 11 is 0. The Morgan fingerprint density at radius 2 is 1.86 bits per heavy atom. The zero-order valence-electron chi connectivity index (χ0n) is 12.1. The molecule has 4 heteroatoms. The van der Waals surface area contributed by atoms with Crippen molar-refractivity contribution < 1.29 is 9.53 Å². The highest BCUT2D eigenvalue weighted by Gasteiger charge is 2.46. The summed E-state index contributed by atoms with van der Waals surface area (Å²) in [6, 6.07) is 15.0. The van der Waals surface area contributed by atoms with Crippen molar-refractivity contribution in [2.24, 2.45) is 5.73 Å². The summed E-state index contributed by atoms with van der Waals surface area (Å²) in [6.45, 7) is 2.01. The predicted molar refractivity (Wildman–Crippen MR) is 82.4 cm³/mol. The number of rotatable bonds is 3. The molecule has 1 heterocycles. The van der Waals surface area contributed by atoms with E-state index in [2.05, 4.69) is 0 Å². The van der Waals surface area contributed by atoms with Crippen molar-refractivity contribution in [2.75, 3.05) is 12.0 Å². The van der Waals surface area contributed by atoms with Crippen LogP contribution in [0.5, 0.6) is 5.75 Å². The fraction of sp³-hybridized carbons (Fsp3) is 0.235. The predicted octanol–water partition coefficient (Wildman–Crippen LogP) is 2.42. The molecule has 2 unspecified atom stereocenters. The van der Waals surface area contributed by atoms with Crippen molar-refractivity contribution in [3.63, 3.8) is 0 Å². The Morgan fingerprint density at radius 3 is 2.48 bits per heavy atom. The molecular formula is C17H18N2O2. The summed E-state index contributed by atoms with van der Waals surface area (Å²) in [5.74, 6) is 0.751. The lowest BCUT2D eigenvalue weighted by Crippen LogP contribution is -2.63. The van der Waals surface area contributed by atoms with Crippen molar-refractivity contribution >= 4 is 11.6 Å². The average Bonchev–Trinajstić information content (AvgIpc) is 2.51. The zero-order chi connectivity index (χ0) is 15.0. The number of carbonyl (C=O) groups excluding carboxylic acids is 1. The SMILES string of the molecule is COc1ccc(C2C(N)C(=O)N2c2cccc(C)c2)cc1. The van der Waals surface area contributed by atoms with Crippen molar-refractivity contribution in [1.82, 2.24) is 0 Å². The van der Waals surface area contributed by atoms with Crippen LogP contribution in [0.4, 0.5) is 5.69 Å². The van der Waals surface area contributed by atoms with E-state index < -0.39 is 6.04 Å². The number of β-lactam (4-membered cyclic amide) rings is 1. The number of hydrogen-bond acceptors (Lipinski definition) is 3. The number of methoxy groups -OCH3 is 1. The van der Waals surface area contributed by atoms with Crippen LogP contribution in [0, 0.1) is 6.92 Å². The summed E-state index contributed by atoms with van der Waals surface area (Å²) in [6.07, 6.45) is 0. The minimum Gasteiger partial charge on any atom is -0.497 e. The highest BCUT2D eigenvalue weighted by atomic mass is 16.5. The van der Waals surface area contributed by atoms with E-state index in [1.54, 1.807) is 12.0 Å². The van der Waals surface area contributed by atoms with Gasteiger partial charge in [-0.3, -0.25) is 4.79 Å². The van der Waals surface area contributed by atoms with Crippen molar-refractivity contribution in [3.8, 4) is 5.75 Å². The molecule has 1 saturated heterocycles. The Kier molecular flexibility index (Phi) is 3.39. The zero-order valence-corrected chi connectivity index (χ0v) is 12.1. The maximum Gasteiger partial charge on any atom is 0.247 e. The molecule has 0 aliphatic carbocycles. The second kappa shape index (κ2) is 5.22. The van der Waals surface area contributed by atoms with E-state index in [-0.39, 0.29) is 11.9 Å². The fourth-order valence-electron chi connectivity index (χ4n) is 2.73. The molecule has 4 nitrogen and oxygen atoms in total. The summed E-state index contributed by atoms with van der Waals surface area (Å²) in [7, 11) is 1.63. The molecule has 2 aromatic carbocycles. The van der Waals surface area contributed by atoms with E-state index in [4.69, 9.17) is 10.5 Å². The Bertz CT molecular complexity index is 667. The quantitative estimate of drug-likeness (QED) is 0.880. The van der Waals surface area contributed by atoms with Gasteiger partial charge in [-0.15, -0.1) is 0 Å². The van der Waals surface area contributed by atoms with Crippen LogP contribution in [0.1, 0.15) is 17.2 Å². The van der Waals surface area contributed by atoms with Gasteiger partial charge in [0.1, 0.15) is 11.8 Å². The van der Waals surface area contributed by atoms with E-state index in [9.17, 15) is 4.79 Å². The van der Waals surface area contributed by atoms with Crippen LogP contribution in [0.3, 0.4) is 0 Å². The van der Waals surface area contributed by atoms with Crippen LogP contribution in [0.15, 0.2) is 48.5 Å². The van der Waals surface area contributed by atoms with E-state index >= 15 is 0 Å². The van der Waals surface area contributed by atoms with E-state index in [1.165, 1.54) is 0 Å². The molecule has 0 radical (unpaired) electrons. The van der Waals surface area contributed by atoms with Crippen LogP contribution >= 0.6 is 0 Å². The van der Waals surface area contributed by atoms with Crippen LogP contribution in [0.25, 0.3) is 0 Å². The summed E-state index contributed by atoms with van der Waals surface area (Å²) in [5, 5.41) is 0. The number of anilines is 1. The van der Waals surface area contributed by atoms with Gasteiger partial charge in [0.05, 0.1) is 13.2 Å². The van der Waals surface area contributed by atoms with Crippen LogP contribution in [-0.4, -0.2) is 19.1 Å². The number of nitrogens with two attached hydrogens (primary N) is 1. The van der Waals surface area contributed by atoms with E-state index in [1.807, 2.05) is 55.5 Å². The summed E-state index contributed by atoms with van der Waals surface area (Å²) in [4.78, 5) is 13.9.